The summed E-state index contributed by atoms with van der Waals surface area (Å²) in [6, 6.07) is 0. The fourth-order valence-electron chi connectivity index (χ4n) is 1.44. The molecule has 1 aromatic rings. The maximum atomic E-state index is 11.9. The van der Waals surface area contributed by atoms with Crippen LogP contribution >= 0.6 is 11.3 Å². The summed E-state index contributed by atoms with van der Waals surface area (Å²) in [5.74, 6) is -0.103. The molecule has 0 radical (unpaired) electrons. The molecule has 1 amide bonds. The molecule has 0 unspecified atom stereocenters. The van der Waals surface area contributed by atoms with Crippen LogP contribution in [0.4, 0.5) is 18.3 Å². The Morgan fingerprint density at radius 3 is 2.74 bits per heavy atom. The van der Waals surface area contributed by atoms with E-state index in [1.54, 1.807) is 5.38 Å². The summed E-state index contributed by atoms with van der Waals surface area (Å²) in [5, 5.41) is 4.99. The molecule has 0 saturated carbocycles. The average Bonchev–Trinajstić information content (AvgIpc) is 2.72. The Balaban J connectivity index is 2.45. The molecule has 1 aromatic heterocycles. The van der Waals surface area contributed by atoms with E-state index in [1.807, 2.05) is 6.92 Å². The lowest BCUT2D eigenvalue weighted by Gasteiger charge is -2.14. The lowest BCUT2D eigenvalue weighted by molar-refractivity contribution is -0.133. The Morgan fingerprint density at radius 2 is 2.21 bits per heavy atom. The first-order chi connectivity index (χ1) is 8.83. The van der Waals surface area contributed by atoms with Gasteiger partial charge < -0.3 is 5.32 Å². The summed E-state index contributed by atoms with van der Waals surface area (Å²) in [5.41, 5.74) is 0.641. The number of hydrogen-bond donors (Lipinski definition) is 1. The predicted molar refractivity (Wildman–Crippen MR) is 68.2 cm³/mol. The number of anilines is 1. The minimum Gasteiger partial charge on any atom is -0.311 e. The maximum absolute atomic E-state index is 11.9. The first kappa shape index (κ1) is 15.9. The number of alkyl halides is 3. The highest BCUT2D eigenvalue weighted by atomic mass is 32.1. The minimum atomic E-state index is -4.14. The van der Waals surface area contributed by atoms with Crippen LogP contribution in [0.15, 0.2) is 5.38 Å². The van der Waals surface area contributed by atoms with Crippen LogP contribution in [0, 0.1) is 0 Å². The van der Waals surface area contributed by atoms with Crippen LogP contribution in [-0.2, 0) is 11.3 Å². The third kappa shape index (κ3) is 5.56. The van der Waals surface area contributed by atoms with Crippen LogP contribution in [-0.4, -0.2) is 30.2 Å². The van der Waals surface area contributed by atoms with Crippen LogP contribution in [0.25, 0.3) is 0 Å². The average molecular weight is 295 g/mol. The summed E-state index contributed by atoms with van der Waals surface area (Å²) in [6.45, 7) is 3.93. The van der Waals surface area contributed by atoms with E-state index in [9.17, 15) is 18.0 Å². The molecule has 1 rings (SSSR count). The lowest BCUT2D eigenvalue weighted by atomic mass is 10.4. The Kier molecular flexibility index (Phi) is 5.74. The van der Waals surface area contributed by atoms with E-state index in [0.717, 1.165) is 0 Å². The van der Waals surface area contributed by atoms with Crippen molar-refractivity contribution >= 4 is 22.4 Å². The van der Waals surface area contributed by atoms with Crippen molar-refractivity contribution in [3.05, 3.63) is 11.1 Å². The molecule has 4 nitrogen and oxygen atoms in total. The van der Waals surface area contributed by atoms with E-state index in [2.05, 4.69) is 10.3 Å². The zero-order valence-corrected chi connectivity index (χ0v) is 11.6. The highest BCUT2D eigenvalue weighted by molar-refractivity contribution is 7.14. The largest absolute Gasteiger partial charge is 0.390 e. The number of hydrogen-bond acceptors (Lipinski definition) is 4. The van der Waals surface area contributed by atoms with E-state index >= 15 is 0 Å². The van der Waals surface area contributed by atoms with E-state index in [0.29, 0.717) is 17.4 Å². The first-order valence-electron chi connectivity index (χ1n) is 5.83. The maximum Gasteiger partial charge on any atom is 0.390 e. The third-order valence-corrected chi connectivity index (χ3v) is 3.27. The number of halogens is 3. The number of aromatic nitrogens is 1. The second-order valence-corrected chi connectivity index (χ2v) is 4.76. The summed E-state index contributed by atoms with van der Waals surface area (Å²) in [4.78, 5) is 17.0. The Hall–Kier alpha value is -1.15. The molecule has 19 heavy (non-hydrogen) atoms. The van der Waals surface area contributed by atoms with E-state index in [4.69, 9.17) is 0 Å². The van der Waals surface area contributed by atoms with Crippen molar-refractivity contribution in [2.75, 3.05) is 18.0 Å². The SMILES string of the molecule is CCN(C(C)=O)c1nc(CNCCC(F)(F)F)cs1. The zero-order valence-electron chi connectivity index (χ0n) is 10.8. The molecule has 0 fully saturated rings. The van der Waals surface area contributed by atoms with Gasteiger partial charge in [0.1, 0.15) is 0 Å². The topological polar surface area (TPSA) is 45.2 Å². The van der Waals surface area contributed by atoms with Gasteiger partial charge in [0.25, 0.3) is 0 Å². The summed E-state index contributed by atoms with van der Waals surface area (Å²) < 4.78 is 35.8. The van der Waals surface area contributed by atoms with Crippen molar-refractivity contribution in [3.63, 3.8) is 0 Å². The van der Waals surface area contributed by atoms with E-state index < -0.39 is 12.6 Å². The molecule has 0 atom stereocenters. The van der Waals surface area contributed by atoms with Crippen molar-refractivity contribution in [1.29, 1.82) is 0 Å². The Bertz CT molecular complexity index is 420. The molecule has 1 heterocycles. The fraction of sp³-hybridized carbons (Fsp3) is 0.636. The molecule has 0 aromatic carbocycles. The second-order valence-electron chi connectivity index (χ2n) is 3.93. The number of rotatable bonds is 6. The Labute approximate surface area is 113 Å². The second kappa shape index (κ2) is 6.85. The number of carbonyl (C=O) groups is 1. The highest BCUT2D eigenvalue weighted by Crippen LogP contribution is 2.21. The molecule has 1 N–H and O–H groups in total. The van der Waals surface area contributed by atoms with Gasteiger partial charge in [0.2, 0.25) is 5.91 Å². The molecule has 0 aliphatic rings. The van der Waals surface area contributed by atoms with Gasteiger partial charge >= 0.3 is 6.18 Å². The van der Waals surface area contributed by atoms with Crippen molar-refractivity contribution in [2.24, 2.45) is 0 Å². The number of nitrogens with one attached hydrogen (secondary N) is 1. The van der Waals surface area contributed by atoms with Gasteiger partial charge in [0.05, 0.1) is 12.1 Å². The van der Waals surface area contributed by atoms with Gasteiger partial charge in [-0.25, -0.2) is 4.98 Å². The van der Waals surface area contributed by atoms with Crippen LogP contribution in [0.1, 0.15) is 26.0 Å². The highest BCUT2D eigenvalue weighted by Gasteiger charge is 2.25. The molecular formula is C11H16F3N3OS. The van der Waals surface area contributed by atoms with Crippen molar-refractivity contribution < 1.29 is 18.0 Å². The van der Waals surface area contributed by atoms with Crippen molar-refractivity contribution in [2.45, 2.75) is 33.0 Å². The van der Waals surface area contributed by atoms with Gasteiger partial charge in [-0.3, -0.25) is 9.69 Å². The normalized spacial score (nSPS) is 11.6. The zero-order chi connectivity index (χ0) is 14.5. The predicted octanol–water partition coefficient (Wildman–Crippen LogP) is 2.56. The molecule has 0 saturated heterocycles. The number of amides is 1. The molecule has 0 spiro atoms. The standard InChI is InChI=1S/C11H16F3N3OS/c1-3-17(8(2)18)10-16-9(7-19-10)6-15-5-4-11(12,13)14/h7,15H,3-6H2,1-2H3. The van der Waals surface area contributed by atoms with Crippen LogP contribution < -0.4 is 10.2 Å². The van der Waals surface area contributed by atoms with E-state index in [1.165, 1.54) is 23.2 Å². The summed E-state index contributed by atoms with van der Waals surface area (Å²) in [7, 11) is 0. The van der Waals surface area contributed by atoms with Crippen molar-refractivity contribution in [3.8, 4) is 0 Å². The van der Waals surface area contributed by atoms with Gasteiger partial charge in [-0.15, -0.1) is 11.3 Å². The molecular weight excluding hydrogens is 279 g/mol. The third-order valence-electron chi connectivity index (χ3n) is 2.36. The molecule has 0 aliphatic carbocycles. The van der Waals surface area contributed by atoms with Crippen LogP contribution in [0.3, 0.4) is 0 Å². The number of nitrogens with zero attached hydrogens (tertiary/aromatic N) is 2. The van der Waals surface area contributed by atoms with Crippen molar-refractivity contribution in [1.82, 2.24) is 10.3 Å². The van der Waals surface area contributed by atoms with Crippen LogP contribution in [0.2, 0.25) is 0 Å². The van der Waals surface area contributed by atoms with Gasteiger partial charge in [0.15, 0.2) is 5.13 Å². The molecule has 8 heteroatoms. The number of thiazole rings is 1. The quantitative estimate of drug-likeness (QED) is 0.820. The number of carbonyl (C=O) groups excluding carboxylic acids is 1. The van der Waals surface area contributed by atoms with Gasteiger partial charge in [-0.2, -0.15) is 13.2 Å². The van der Waals surface area contributed by atoms with Crippen LogP contribution in [0.5, 0.6) is 0 Å². The Morgan fingerprint density at radius 1 is 1.53 bits per heavy atom. The van der Waals surface area contributed by atoms with E-state index in [-0.39, 0.29) is 19.0 Å². The summed E-state index contributed by atoms with van der Waals surface area (Å²) in [6.07, 6.45) is -5.01. The molecule has 0 aliphatic heterocycles. The van der Waals surface area contributed by atoms with Gasteiger partial charge in [0, 0.05) is 31.9 Å². The minimum absolute atomic E-state index is 0.103. The summed E-state index contributed by atoms with van der Waals surface area (Å²) >= 11 is 1.31. The molecule has 108 valence electrons. The lowest BCUT2D eigenvalue weighted by Crippen LogP contribution is -2.27. The fourth-order valence-corrected chi connectivity index (χ4v) is 2.37. The molecule has 0 bridgehead atoms. The monoisotopic (exact) mass is 295 g/mol. The smallest absolute Gasteiger partial charge is 0.311 e. The van der Waals surface area contributed by atoms with Gasteiger partial charge in [-0.05, 0) is 6.92 Å². The first-order valence-corrected chi connectivity index (χ1v) is 6.71. The van der Waals surface area contributed by atoms with Gasteiger partial charge in [-0.1, -0.05) is 0 Å².